The molecule has 0 aliphatic carbocycles. The Balaban J connectivity index is 1.89. The fraction of sp³-hybridized carbons (Fsp3) is 1.00. The maximum Gasteiger partial charge on any atom is 0.0376 e. The van der Waals surface area contributed by atoms with Gasteiger partial charge < -0.3 is 20.9 Å². The van der Waals surface area contributed by atoms with Gasteiger partial charge in [-0.3, -0.25) is 0 Å². The van der Waals surface area contributed by atoms with Gasteiger partial charge in [0.2, 0.25) is 0 Å². The van der Waals surface area contributed by atoms with Gasteiger partial charge >= 0.3 is 0 Å². The molecule has 2 saturated heterocycles. The van der Waals surface area contributed by atoms with E-state index >= 15 is 0 Å². The summed E-state index contributed by atoms with van der Waals surface area (Å²) in [5.41, 5.74) is 6.43. The van der Waals surface area contributed by atoms with Crippen molar-refractivity contribution in [1.82, 2.24) is 15.1 Å². The summed E-state index contributed by atoms with van der Waals surface area (Å²) in [6, 6.07) is 1.07. The summed E-state index contributed by atoms with van der Waals surface area (Å²) in [6.45, 7) is 13.7. The van der Waals surface area contributed by atoms with Crippen LogP contribution in [0.5, 0.6) is 0 Å². The second kappa shape index (κ2) is 5.87. The molecule has 2 aliphatic rings. The summed E-state index contributed by atoms with van der Waals surface area (Å²) in [5.74, 6) is 0. The normalized spacial score (nSPS) is 39.3. The Hall–Kier alpha value is -0.160. The van der Waals surface area contributed by atoms with E-state index in [1.165, 1.54) is 26.1 Å². The molecule has 2 fully saturated rings. The minimum atomic E-state index is -0.0503. The topological polar surface area (TPSA) is 44.5 Å². The predicted octanol–water partition coefficient (Wildman–Crippen LogP) is 0.482. The van der Waals surface area contributed by atoms with Gasteiger partial charge in [0.15, 0.2) is 0 Å². The lowest BCUT2D eigenvalue weighted by Crippen LogP contribution is -2.65. The molecule has 0 bridgehead atoms. The van der Waals surface area contributed by atoms with Crippen LogP contribution in [0.4, 0.5) is 0 Å². The van der Waals surface area contributed by atoms with E-state index in [1.807, 2.05) is 0 Å². The van der Waals surface area contributed by atoms with Gasteiger partial charge in [-0.25, -0.2) is 0 Å². The van der Waals surface area contributed by atoms with Crippen LogP contribution in [0.25, 0.3) is 0 Å². The molecule has 3 N–H and O–H groups in total. The van der Waals surface area contributed by atoms with Crippen LogP contribution in [-0.2, 0) is 0 Å². The van der Waals surface area contributed by atoms with Crippen LogP contribution in [0.15, 0.2) is 0 Å². The van der Waals surface area contributed by atoms with Crippen LogP contribution in [0.2, 0.25) is 0 Å². The van der Waals surface area contributed by atoms with Crippen LogP contribution in [-0.4, -0.2) is 66.7 Å². The van der Waals surface area contributed by atoms with Crippen molar-refractivity contribution in [1.29, 1.82) is 0 Å². The molecule has 4 nitrogen and oxygen atoms in total. The van der Waals surface area contributed by atoms with Gasteiger partial charge in [-0.05, 0) is 45.9 Å². The molecule has 0 amide bonds. The van der Waals surface area contributed by atoms with Crippen molar-refractivity contribution in [2.45, 2.75) is 51.2 Å². The Morgan fingerprint density at radius 1 is 1.17 bits per heavy atom. The first kappa shape index (κ1) is 14.3. The van der Waals surface area contributed by atoms with Crippen molar-refractivity contribution >= 4 is 0 Å². The highest BCUT2D eigenvalue weighted by Gasteiger charge is 2.37. The molecular weight excluding hydrogens is 224 g/mol. The van der Waals surface area contributed by atoms with Crippen LogP contribution < -0.4 is 11.1 Å². The fourth-order valence-electron chi connectivity index (χ4n) is 3.20. The molecular formula is C14H30N4. The number of likely N-dealkylation sites (tertiary alicyclic amines) is 2. The summed E-state index contributed by atoms with van der Waals surface area (Å²) in [7, 11) is 0. The summed E-state index contributed by atoms with van der Waals surface area (Å²) < 4.78 is 0. The molecule has 0 saturated carbocycles. The Morgan fingerprint density at radius 2 is 1.83 bits per heavy atom. The Bertz CT molecular complexity index is 267. The zero-order valence-electron chi connectivity index (χ0n) is 12.3. The molecule has 18 heavy (non-hydrogen) atoms. The van der Waals surface area contributed by atoms with Gasteiger partial charge in [0.25, 0.3) is 0 Å². The molecule has 2 heterocycles. The molecule has 2 aliphatic heterocycles. The van der Waals surface area contributed by atoms with Gasteiger partial charge in [0.05, 0.1) is 0 Å². The van der Waals surface area contributed by atoms with E-state index in [0.29, 0.717) is 12.1 Å². The smallest absolute Gasteiger partial charge is 0.0376 e. The highest BCUT2D eigenvalue weighted by Crippen LogP contribution is 2.21. The van der Waals surface area contributed by atoms with Crippen molar-refractivity contribution in [3.8, 4) is 0 Å². The predicted molar refractivity (Wildman–Crippen MR) is 76.8 cm³/mol. The number of likely N-dealkylation sites (N-methyl/N-ethyl adjacent to an activating group) is 2. The molecule has 0 aromatic rings. The number of piperidine rings is 1. The number of hydrogen-bond donors (Lipinski definition) is 2. The molecule has 4 heteroatoms. The Kier molecular flexibility index (Phi) is 4.64. The van der Waals surface area contributed by atoms with Gasteiger partial charge in [-0.15, -0.1) is 0 Å². The van der Waals surface area contributed by atoms with Crippen molar-refractivity contribution < 1.29 is 0 Å². The molecule has 3 atom stereocenters. The van der Waals surface area contributed by atoms with E-state index in [4.69, 9.17) is 5.73 Å². The first-order valence-corrected chi connectivity index (χ1v) is 7.54. The number of nitrogens with two attached hydrogens (primary N) is 1. The lowest BCUT2D eigenvalue weighted by molar-refractivity contribution is 0.124. The van der Waals surface area contributed by atoms with E-state index in [-0.39, 0.29) is 5.54 Å². The zero-order chi connectivity index (χ0) is 13.2. The summed E-state index contributed by atoms with van der Waals surface area (Å²) in [4.78, 5) is 5.03. The monoisotopic (exact) mass is 254 g/mol. The Labute approximate surface area is 112 Å². The van der Waals surface area contributed by atoms with Crippen LogP contribution in [0.3, 0.4) is 0 Å². The van der Waals surface area contributed by atoms with Crippen molar-refractivity contribution in [3.63, 3.8) is 0 Å². The summed E-state index contributed by atoms with van der Waals surface area (Å²) in [6.07, 6.45) is 2.37. The fourth-order valence-corrected chi connectivity index (χ4v) is 3.20. The minimum Gasteiger partial charge on any atom is -0.324 e. The molecule has 0 aromatic carbocycles. The SMILES string of the molecule is CCN1CCC(NC2CN(CC)CCC2(C)N)C1. The highest BCUT2D eigenvalue weighted by molar-refractivity contribution is 5.00. The lowest BCUT2D eigenvalue weighted by atomic mass is 9.85. The molecule has 106 valence electrons. The minimum absolute atomic E-state index is 0.0503. The van der Waals surface area contributed by atoms with E-state index < -0.39 is 0 Å². The average molecular weight is 254 g/mol. The van der Waals surface area contributed by atoms with Crippen LogP contribution in [0.1, 0.15) is 33.6 Å². The van der Waals surface area contributed by atoms with Crippen molar-refractivity contribution in [2.24, 2.45) is 5.73 Å². The second-order valence-corrected chi connectivity index (χ2v) is 6.25. The summed E-state index contributed by atoms with van der Waals surface area (Å²) in [5, 5.41) is 3.83. The third kappa shape index (κ3) is 3.23. The van der Waals surface area contributed by atoms with E-state index in [0.717, 1.165) is 26.1 Å². The molecule has 0 aromatic heterocycles. The lowest BCUT2D eigenvalue weighted by Gasteiger charge is -2.45. The van der Waals surface area contributed by atoms with Gasteiger partial charge in [-0.2, -0.15) is 0 Å². The van der Waals surface area contributed by atoms with E-state index in [1.54, 1.807) is 0 Å². The van der Waals surface area contributed by atoms with Gasteiger partial charge in [0, 0.05) is 30.7 Å². The number of hydrogen-bond acceptors (Lipinski definition) is 4. The number of nitrogens with zero attached hydrogens (tertiary/aromatic N) is 2. The molecule has 0 radical (unpaired) electrons. The van der Waals surface area contributed by atoms with Crippen LogP contribution in [0, 0.1) is 0 Å². The van der Waals surface area contributed by atoms with Crippen molar-refractivity contribution in [2.75, 3.05) is 39.3 Å². The van der Waals surface area contributed by atoms with Crippen LogP contribution >= 0.6 is 0 Å². The quantitative estimate of drug-likeness (QED) is 0.766. The Morgan fingerprint density at radius 3 is 2.44 bits per heavy atom. The van der Waals surface area contributed by atoms with Crippen molar-refractivity contribution in [3.05, 3.63) is 0 Å². The molecule has 3 unspecified atom stereocenters. The second-order valence-electron chi connectivity index (χ2n) is 6.25. The number of nitrogens with one attached hydrogen (secondary N) is 1. The average Bonchev–Trinajstić information content (AvgIpc) is 2.79. The molecule has 2 rings (SSSR count). The maximum absolute atomic E-state index is 6.48. The zero-order valence-corrected chi connectivity index (χ0v) is 12.3. The van der Waals surface area contributed by atoms with E-state index in [2.05, 4.69) is 35.9 Å². The first-order valence-electron chi connectivity index (χ1n) is 7.54. The molecule has 0 spiro atoms. The van der Waals surface area contributed by atoms with Gasteiger partial charge in [-0.1, -0.05) is 13.8 Å². The number of rotatable bonds is 4. The summed E-state index contributed by atoms with van der Waals surface area (Å²) >= 11 is 0. The van der Waals surface area contributed by atoms with Gasteiger partial charge in [0.1, 0.15) is 0 Å². The third-order valence-corrected chi connectivity index (χ3v) is 4.81. The third-order valence-electron chi connectivity index (χ3n) is 4.81. The standard InChI is InChI=1S/C14H30N4/c1-4-17-8-6-12(10-17)16-13-11-18(5-2)9-7-14(13,3)15/h12-13,16H,4-11,15H2,1-3H3. The first-order chi connectivity index (χ1) is 8.55. The van der Waals surface area contributed by atoms with E-state index in [9.17, 15) is 0 Å². The largest absolute Gasteiger partial charge is 0.324 e. The highest BCUT2D eigenvalue weighted by atomic mass is 15.2. The maximum atomic E-state index is 6.48.